The van der Waals surface area contributed by atoms with Crippen molar-refractivity contribution < 1.29 is 9.90 Å². The Hall–Kier alpha value is -2.43. The number of amides is 1. The standard InChI is InChI=1S/C22H21NO2S/c1-23-20(24)14-17(15-8-4-2-5-9-15)21(23)22(25)19-13-12-18(26-19)16-10-6-3-7-11-16/h2-13,17,21-22,25H,14H2,1H3/t17-,21-,22+/m1/s1. The van der Waals surface area contributed by atoms with Crippen LogP contribution in [-0.4, -0.2) is 29.0 Å². The lowest BCUT2D eigenvalue weighted by molar-refractivity contribution is -0.128. The Balaban J connectivity index is 1.64. The fourth-order valence-corrected chi connectivity index (χ4v) is 4.81. The second kappa shape index (κ2) is 7.06. The van der Waals surface area contributed by atoms with Gasteiger partial charge in [-0.3, -0.25) is 4.79 Å². The van der Waals surface area contributed by atoms with Gasteiger partial charge in [-0.25, -0.2) is 0 Å². The molecule has 0 bridgehead atoms. The average molecular weight is 363 g/mol. The first-order valence-electron chi connectivity index (χ1n) is 8.79. The van der Waals surface area contributed by atoms with Gasteiger partial charge in [-0.1, -0.05) is 60.7 Å². The van der Waals surface area contributed by atoms with Gasteiger partial charge >= 0.3 is 0 Å². The minimum absolute atomic E-state index is 0.00553. The number of benzene rings is 2. The van der Waals surface area contributed by atoms with Crippen LogP contribution in [0.15, 0.2) is 72.8 Å². The Morgan fingerprint density at radius 3 is 2.35 bits per heavy atom. The Morgan fingerprint density at radius 1 is 1.00 bits per heavy atom. The molecule has 2 aromatic carbocycles. The van der Waals surface area contributed by atoms with Crippen molar-refractivity contribution in [1.29, 1.82) is 0 Å². The van der Waals surface area contributed by atoms with Crippen molar-refractivity contribution >= 4 is 17.2 Å². The predicted octanol–water partition coefficient (Wildman–Crippen LogP) is 4.46. The van der Waals surface area contributed by atoms with Gasteiger partial charge in [0.05, 0.1) is 6.04 Å². The summed E-state index contributed by atoms with van der Waals surface area (Å²) in [6, 6.07) is 24.0. The summed E-state index contributed by atoms with van der Waals surface area (Å²) in [7, 11) is 1.80. The molecule has 0 aliphatic carbocycles. The van der Waals surface area contributed by atoms with Crippen LogP contribution in [0.1, 0.15) is 28.9 Å². The number of nitrogens with zero attached hydrogens (tertiary/aromatic N) is 1. The number of aliphatic hydroxyl groups excluding tert-OH is 1. The van der Waals surface area contributed by atoms with E-state index < -0.39 is 6.10 Å². The Bertz CT molecular complexity index is 891. The van der Waals surface area contributed by atoms with E-state index in [9.17, 15) is 9.90 Å². The van der Waals surface area contributed by atoms with E-state index in [0.29, 0.717) is 6.42 Å². The molecule has 1 aromatic heterocycles. The van der Waals surface area contributed by atoms with Gasteiger partial charge in [0.2, 0.25) is 5.91 Å². The van der Waals surface area contributed by atoms with Crippen LogP contribution in [0.2, 0.25) is 0 Å². The maximum absolute atomic E-state index is 12.3. The van der Waals surface area contributed by atoms with E-state index in [4.69, 9.17) is 0 Å². The molecule has 1 saturated heterocycles. The van der Waals surface area contributed by atoms with Crippen LogP contribution in [0.5, 0.6) is 0 Å². The van der Waals surface area contributed by atoms with Crippen molar-refractivity contribution in [3.63, 3.8) is 0 Å². The zero-order valence-electron chi connectivity index (χ0n) is 14.6. The van der Waals surface area contributed by atoms with Crippen LogP contribution in [-0.2, 0) is 4.79 Å². The number of thiophene rings is 1. The molecule has 1 amide bonds. The van der Waals surface area contributed by atoms with Gasteiger partial charge in [-0.15, -0.1) is 11.3 Å². The van der Waals surface area contributed by atoms with E-state index in [1.807, 2.05) is 60.7 Å². The maximum atomic E-state index is 12.3. The third kappa shape index (κ3) is 3.06. The number of rotatable bonds is 4. The minimum atomic E-state index is -0.695. The highest BCUT2D eigenvalue weighted by molar-refractivity contribution is 7.15. The summed E-state index contributed by atoms with van der Waals surface area (Å²) in [5.74, 6) is 0.0914. The third-order valence-electron chi connectivity index (χ3n) is 5.18. The Labute approximate surface area is 157 Å². The molecule has 1 N–H and O–H groups in total. The topological polar surface area (TPSA) is 40.5 Å². The van der Waals surface area contributed by atoms with Crippen molar-refractivity contribution in [2.75, 3.05) is 7.05 Å². The van der Waals surface area contributed by atoms with Gasteiger partial charge < -0.3 is 10.0 Å². The second-order valence-electron chi connectivity index (χ2n) is 6.73. The fraction of sp³-hybridized carbons (Fsp3) is 0.227. The first-order chi connectivity index (χ1) is 12.6. The molecule has 3 nitrogen and oxygen atoms in total. The number of carbonyl (C=O) groups excluding carboxylic acids is 1. The van der Waals surface area contributed by atoms with Crippen LogP contribution in [0.3, 0.4) is 0 Å². The van der Waals surface area contributed by atoms with Crippen LogP contribution in [0.25, 0.3) is 10.4 Å². The molecule has 0 unspecified atom stereocenters. The van der Waals surface area contributed by atoms with E-state index in [1.165, 1.54) is 0 Å². The Morgan fingerprint density at radius 2 is 1.65 bits per heavy atom. The molecular formula is C22H21NO2S. The third-order valence-corrected chi connectivity index (χ3v) is 6.38. The van der Waals surface area contributed by atoms with Crippen LogP contribution >= 0.6 is 11.3 Å². The van der Waals surface area contributed by atoms with Crippen LogP contribution in [0, 0.1) is 0 Å². The number of hydrogen-bond donors (Lipinski definition) is 1. The summed E-state index contributed by atoms with van der Waals surface area (Å²) in [5, 5.41) is 11.1. The SMILES string of the molecule is CN1C(=O)C[C@H](c2ccccc2)[C@@H]1[C@@H](O)c1ccc(-c2ccccc2)s1. The van der Waals surface area contributed by atoms with Gasteiger partial charge in [0.1, 0.15) is 6.10 Å². The van der Waals surface area contributed by atoms with Crippen molar-refractivity contribution in [3.8, 4) is 10.4 Å². The average Bonchev–Trinajstić information content (AvgIpc) is 3.29. The summed E-state index contributed by atoms with van der Waals surface area (Å²) in [4.78, 5) is 16.1. The van der Waals surface area contributed by atoms with Gasteiger partial charge in [0.15, 0.2) is 0 Å². The van der Waals surface area contributed by atoms with Crippen LogP contribution in [0.4, 0.5) is 0 Å². The largest absolute Gasteiger partial charge is 0.385 e. The zero-order chi connectivity index (χ0) is 18.1. The molecular weight excluding hydrogens is 342 g/mol. The molecule has 0 spiro atoms. The molecule has 1 aliphatic rings. The fourth-order valence-electron chi connectivity index (χ4n) is 3.77. The van der Waals surface area contributed by atoms with E-state index in [1.54, 1.807) is 23.3 Å². The molecule has 1 aliphatic heterocycles. The van der Waals surface area contributed by atoms with E-state index in [-0.39, 0.29) is 17.9 Å². The van der Waals surface area contributed by atoms with Gasteiger partial charge in [0, 0.05) is 29.1 Å². The zero-order valence-corrected chi connectivity index (χ0v) is 15.4. The van der Waals surface area contributed by atoms with Gasteiger partial charge in [-0.2, -0.15) is 0 Å². The number of aliphatic hydroxyl groups is 1. The molecule has 3 atom stereocenters. The molecule has 2 heterocycles. The van der Waals surface area contributed by atoms with Gasteiger partial charge in [-0.05, 0) is 23.3 Å². The molecule has 0 saturated carbocycles. The highest BCUT2D eigenvalue weighted by atomic mass is 32.1. The lowest BCUT2D eigenvalue weighted by Gasteiger charge is -2.29. The molecule has 0 radical (unpaired) electrons. The first-order valence-corrected chi connectivity index (χ1v) is 9.60. The molecule has 3 aromatic rings. The Kier molecular flexibility index (Phi) is 4.62. The van der Waals surface area contributed by atoms with Crippen molar-refractivity contribution in [1.82, 2.24) is 4.90 Å². The summed E-state index contributed by atoms with van der Waals surface area (Å²) in [6.45, 7) is 0. The van der Waals surface area contributed by atoms with E-state index in [0.717, 1.165) is 20.9 Å². The minimum Gasteiger partial charge on any atom is -0.385 e. The summed E-state index contributed by atoms with van der Waals surface area (Å²) in [6.07, 6.45) is -0.252. The van der Waals surface area contributed by atoms with Crippen molar-refractivity contribution in [3.05, 3.63) is 83.2 Å². The van der Waals surface area contributed by atoms with E-state index in [2.05, 4.69) is 12.1 Å². The van der Waals surface area contributed by atoms with Gasteiger partial charge in [0.25, 0.3) is 0 Å². The van der Waals surface area contributed by atoms with Crippen molar-refractivity contribution in [2.24, 2.45) is 0 Å². The number of carbonyl (C=O) groups is 1. The quantitative estimate of drug-likeness (QED) is 0.743. The highest BCUT2D eigenvalue weighted by Gasteiger charge is 2.43. The number of hydrogen-bond acceptors (Lipinski definition) is 3. The lowest BCUT2D eigenvalue weighted by atomic mass is 9.88. The monoisotopic (exact) mass is 363 g/mol. The normalized spacial score (nSPS) is 21.2. The molecule has 132 valence electrons. The second-order valence-corrected chi connectivity index (χ2v) is 7.84. The number of likely N-dealkylation sites (tertiary alicyclic amines) is 1. The highest BCUT2D eigenvalue weighted by Crippen LogP contribution is 2.42. The molecule has 4 heteroatoms. The van der Waals surface area contributed by atoms with Crippen molar-refractivity contribution in [2.45, 2.75) is 24.5 Å². The molecule has 26 heavy (non-hydrogen) atoms. The summed E-state index contributed by atoms with van der Waals surface area (Å²) < 4.78 is 0. The maximum Gasteiger partial charge on any atom is 0.223 e. The summed E-state index contributed by atoms with van der Waals surface area (Å²) in [5.41, 5.74) is 2.25. The predicted molar refractivity (Wildman–Crippen MR) is 105 cm³/mol. The number of likely N-dealkylation sites (N-methyl/N-ethyl adjacent to an activating group) is 1. The van der Waals surface area contributed by atoms with Crippen LogP contribution < -0.4 is 0 Å². The smallest absolute Gasteiger partial charge is 0.223 e. The molecule has 1 fully saturated rings. The first kappa shape index (κ1) is 17.0. The summed E-state index contributed by atoms with van der Waals surface area (Å²) >= 11 is 1.59. The van der Waals surface area contributed by atoms with E-state index >= 15 is 0 Å². The lowest BCUT2D eigenvalue weighted by Crippen LogP contribution is -2.36. The molecule has 4 rings (SSSR count).